The maximum atomic E-state index is 12.0. The number of ether oxygens (including phenoxy) is 1. The van der Waals surface area contributed by atoms with E-state index in [1.165, 1.54) is 36.3 Å². The highest BCUT2D eigenvalue weighted by Gasteiger charge is 2.17. The highest BCUT2D eigenvalue weighted by Crippen LogP contribution is 2.28. The third kappa shape index (κ3) is 4.15. The molecule has 1 heterocycles. The zero-order valence-corrected chi connectivity index (χ0v) is 12.8. The second kappa shape index (κ2) is 7.55. The van der Waals surface area contributed by atoms with Crippen molar-refractivity contribution in [1.29, 1.82) is 0 Å². The summed E-state index contributed by atoms with van der Waals surface area (Å²) in [5, 5.41) is 3.56. The van der Waals surface area contributed by atoms with Crippen molar-refractivity contribution < 1.29 is 9.53 Å². The van der Waals surface area contributed by atoms with Crippen molar-refractivity contribution in [1.82, 2.24) is 4.98 Å². The van der Waals surface area contributed by atoms with Crippen molar-refractivity contribution in [2.24, 2.45) is 0 Å². The zero-order chi connectivity index (χ0) is 14.4. The number of aryl methyl sites for hydroxylation is 2. The van der Waals surface area contributed by atoms with E-state index in [0.717, 1.165) is 12.8 Å². The number of hydrogen-bond donors (Lipinski definition) is 1. The Morgan fingerprint density at radius 1 is 1.45 bits per heavy atom. The van der Waals surface area contributed by atoms with Crippen LogP contribution in [0.15, 0.2) is 12.7 Å². The van der Waals surface area contributed by atoms with Crippen molar-refractivity contribution in [2.75, 3.05) is 11.9 Å². The van der Waals surface area contributed by atoms with E-state index in [9.17, 15) is 4.79 Å². The van der Waals surface area contributed by atoms with Crippen LogP contribution in [-0.4, -0.2) is 23.6 Å². The van der Waals surface area contributed by atoms with Gasteiger partial charge in [-0.3, -0.25) is 10.1 Å². The van der Waals surface area contributed by atoms with E-state index >= 15 is 0 Å². The minimum Gasteiger partial charge on any atom is -0.365 e. The van der Waals surface area contributed by atoms with Crippen molar-refractivity contribution in [3.8, 4) is 0 Å². The first kappa shape index (κ1) is 15.2. The lowest BCUT2D eigenvalue weighted by atomic mass is 10.0. The van der Waals surface area contributed by atoms with Crippen LogP contribution in [0, 0.1) is 0 Å². The van der Waals surface area contributed by atoms with Gasteiger partial charge in [-0.2, -0.15) is 0 Å². The topological polar surface area (TPSA) is 51.2 Å². The minimum atomic E-state index is -0.487. The Bertz CT molecular complexity index is 445. The lowest BCUT2D eigenvalue weighted by Gasteiger charge is -2.10. The van der Waals surface area contributed by atoms with Crippen molar-refractivity contribution >= 4 is 22.4 Å². The number of nitrogens with one attached hydrogen (secondary N) is 1. The Morgan fingerprint density at radius 3 is 2.95 bits per heavy atom. The lowest BCUT2D eigenvalue weighted by molar-refractivity contribution is -0.125. The van der Waals surface area contributed by atoms with Crippen molar-refractivity contribution in [2.45, 2.75) is 51.6 Å². The monoisotopic (exact) mass is 294 g/mol. The van der Waals surface area contributed by atoms with Gasteiger partial charge in [-0.25, -0.2) is 4.98 Å². The first-order valence-electron chi connectivity index (χ1n) is 7.22. The Kier molecular flexibility index (Phi) is 5.73. The molecule has 1 amide bonds. The fourth-order valence-corrected chi connectivity index (χ4v) is 3.31. The van der Waals surface area contributed by atoms with Gasteiger partial charge in [0.1, 0.15) is 6.10 Å². The quantitative estimate of drug-likeness (QED) is 0.847. The maximum absolute atomic E-state index is 12.0. The van der Waals surface area contributed by atoms with E-state index in [1.807, 2.05) is 0 Å². The van der Waals surface area contributed by atoms with Crippen LogP contribution in [0.4, 0.5) is 5.13 Å². The van der Waals surface area contributed by atoms with Gasteiger partial charge in [0, 0.05) is 4.88 Å². The molecule has 1 aliphatic rings. The van der Waals surface area contributed by atoms with E-state index in [2.05, 4.69) is 16.9 Å². The molecule has 0 spiro atoms. The van der Waals surface area contributed by atoms with Crippen LogP contribution in [0.3, 0.4) is 0 Å². The molecule has 1 aliphatic carbocycles. The van der Waals surface area contributed by atoms with Gasteiger partial charge in [0.2, 0.25) is 0 Å². The molecule has 0 saturated heterocycles. The first-order valence-corrected chi connectivity index (χ1v) is 8.04. The standard InChI is InChI=1S/C15H22N2O2S/c1-3-10-19-11(2)14(18)17-15-16-12-8-6-4-5-7-9-13(12)20-15/h3,11H,1,4-10H2,2H3,(H,16,17,18)/t11-/m0/s1. The van der Waals surface area contributed by atoms with Crippen LogP contribution in [0.25, 0.3) is 0 Å². The fourth-order valence-electron chi connectivity index (χ4n) is 2.25. The Morgan fingerprint density at radius 2 is 2.20 bits per heavy atom. The summed E-state index contributed by atoms with van der Waals surface area (Å²) in [4.78, 5) is 17.9. The van der Waals surface area contributed by atoms with E-state index in [-0.39, 0.29) is 5.91 Å². The number of carbonyl (C=O) groups excluding carboxylic acids is 1. The van der Waals surface area contributed by atoms with Gasteiger partial charge in [0.15, 0.2) is 5.13 Å². The number of anilines is 1. The second-order valence-corrected chi connectivity index (χ2v) is 6.14. The molecular weight excluding hydrogens is 272 g/mol. The summed E-state index contributed by atoms with van der Waals surface area (Å²) in [6, 6.07) is 0. The molecule has 5 heteroatoms. The number of thiazole rings is 1. The molecule has 1 N–H and O–H groups in total. The number of nitrogens with zero attached hydrogens (tertiary/aromatic N) is 1. The molecule has 0 unspecified atom stereocenters. The smallest absolute Gasteiger partial charge is 0.255 e. The Hall–Kier alpha value is -1.20. The van der Waals surface area contributed by atoms with Gasteiger partial charge in [0.05, 0.1) is 12.3 Å². The molecular formula is C15H22N2O2S. The minimum absolute atomic E-state index is 0.145. The van der Waals surface area contributed by atoms with E-state index in [4.69, 9.17) is 4.74 Å². The number of rotatable bonds is 5. The molecule has 1 aromatic heterocycles. The number of amides is 1. The predicted octanol–water partition coefficient (Wildman–Crippen LogP) is 3.33. The number of fused-ring (bicyclic) bond motifs is 1. The second-order valence-electron chi connectivity index (χ2n) is 5.06. The molecule has 0 radical (unpaired) electrons. The molecule has 1 atom stereocenters. The molecule has 0 aliphatic heterocycles. The van der Waals surface area contributed by atoms with E-state index < -0.39 is 6.10 Å². The summed E-state index contributed by atoms with van der Waals surface area (Å²) in [6.07, 6.45) is 8.27. The third-order valence-electron chi connectivity index (χ3n) is 3.41. The van der Waals surface area contributed by atoms with Gasteiger partial charge in [-0.05, 0) is 32.6 Å². The average Bonchev–Trinajstić information content (AvgIpc) is 2.77. The fraction of sp³-hybridized carbons (Fsp3) is 0.600. The van der Waals surface area contributed by atoms with Crippen molar-refractivity contribution in [3.05, 3.63) is 23.2 Å². The number of aromatic nitrogens is 1. The summed E-state index contributed by atoms with van der Waals surface area (Å²) < 4.78 is 5.31. The highest BCUT2D eigenvalue weighted by atomic mass is 32.1. The first-order chi connectivity index (χ1) is 9.70. The zero-order valence-electron chi connectivity index (χ0n) is 12.0. The van der Waals surface area contributed by atoms with Gasteiger partial charge in [-0.1, -0.05) is 18.9 Å². The van der Waals surface area contributed by atoms with Crippen molar-refractivity contribution in [3.63, 3.8) is 0 Å². The van der Waals surface area contributed by atoms with Gasteiger partial charge in [0.25, 0.3) is 5.91 Å². The molecule has 110 valence electrons. The molecule has 2 rings (SSSR count). The molecule has 0 fully saturated rings. The van der Waals surface area contributed by atoms with Gasteiger partial charge < -0.3 is 4.74 Å². The molecule has 20 heavy (non-hydrogen) atoms. The van der Waals surface area contributed by atoms with E-state index in [0.29, 0.717) is 11.7 Å². The highest BCUT2D eigenvalue weighted by molar-refractivity contribution is 7.15. The summed E-state index contributed by atoms with van der Waals surface area (Å²) in [6.45, 7) is 5.69. The largest absolute Gasteiger partial charge is 0.365 e. The molecule has 0 aromatic carbocycles. The van der Waals surface area contributed by atoms with Gasteiger partial charge in [-0.15, -0.1) is 17.9 Å². The van der Waals surface area contributed by atoms with Crippen LogP contribution >= 0.6 is 11.3 Å². The third-order valence-corrected chi connectivity index (χ3v) is 4.48. The maximum Gasteiger partial charge on any atom is 0.255 e. The lowest BCUT2D eigenvalue weighted by Crippen LogP contribution is -2.27. The van der Waals surface area contributed by atoms with Gasteiger partial charge >= 0.3 is 0 Å². The van der Waals surface area contributed by atoms with Crippen LogP contribution in [0.1, 0.15) is 43.2 Å². The summed E-state index contributed by atoms with van der Waals surface area (Å²) >= 11 is 1.61. The SMILES string of the molecule is C=CCO[C@@H](C)C(=O)Nc1nc2c(s1)CCCCCC2. The average molecular weight is 294 g/mol. The van der Waals surface area contributed by atoms with E-state index in [1.54, 1.807) is 24.3 Å². The molecule has 0 saturated carbocycles. The molecule has 4 nitrogen and oxygen atoms in total. The molecule has 1 aromatic rings. The normalized spacial score (nSPS) is 16.6. The Balaban J connectivity index is 1.97. The number of hydrogen-bond acceptors (Lipinski definition) is 4. The Labute approximate surface area is 124 Å². The number of carbonyl (C=O) groups is 1. The predicted molar refractivity (Wildman–Crippen MR) is 82.2 cm³/mol. The summed E-state index contributed by atoms with van der Waals surface area (Å²) in [5.74, 6) is -0.145. The summed E-state index contributed by atoms with van der Waals surface area (Å²) in [7, 11) is 0. The van der Waals surface area contributed by atoms with Crippen LogP contribution in [-0.2, 0) is 22.4 Å². The van der Waals surface area contributed by atoms with Crippen LogP contribution in [0.2, 0.25) is 0 Å². The van der Waals surface area contributed by atoms with Crippen LogP contribution in [0.5, 0.6) is 0 Å². The summed E-state index contributed by atoms with van der Waals surface area (Å²) in [5.41, 5.74) is 1.17. The molecule has 0 bridgehead atoms. The van der Waals surface area contributed by atoms with Crippen LogP contribution < -0.4 is 5.32 Å².